The van der Waals surface area contributed by atoms with Gasteiger partial charge in [0.15, 0.2) is 5.78 Å². The molecule has 4 rings (SSSR count). The zero-order chi connectivity index (χ0) is 18.3. The lowest BCUT2D eigenvalue weighted by Gasteiger charge is -2.43. The fourth-order valence-electron chi connectivity index (χ4n) is 4.75. The highest BCUT2D eigenvalue weighted by atomic mass is 16.5. The molecule has 26 heavy (non-hydrogen) atoms. The lowest BCUT2D eigenvalue weighted by Crippen LogP contribution is -2.45. The molecule has 2 aliphatic carbocycles. The number of carbonyl (C=O) groups excluding carboxylic acids is 2. The first-order chi connectivity index (χ1) is 12.6. The number of aliphatic hydroxyl groups excluding tert-OH is 1. The van der Waals surface area contributed by atoms with Gasteiger partial charge in [0.2, 0.25) is 0 Å². The van der Waals surface area contributed by atoms with Gasteiger partial charge in [-0.05, 0) is 31.2 Å². The van der Waals surface area contributed by atoms with Gasteiger partial charge in [0.05, 0.1) is 11.7 Å². The maximum Gasteiger partial charge on any atom is 0.162 e. The molecule has 0 radical (unpaired) electrons. The Labute approximate surface area is 153 Å². The van der Waals surface area contributed by atoms with E-state index in [1.807, 2.05) is 24.3 Å². The summed E-state index contributed by atoms with van der Waals surface area (Å²) in [4.78, 5) is 25.5. The smallest absolute Gasteiger partial charge is 0.162 e. The van der Waals surface area contributed by atoms with Crippen LogP contribution in [0.25, 0.3) is 0 Å². The first-order valence-electron chi connectivity index (χ1n) is 9.49. The summed E-state index contributed by atoms with van der Waals surface area (Å²) < 4.78 is 6.30. The summed E-state index contributed by atoms with van der Waals surface area (Å²) in [6.07, 6.45) is 6.01. The van der Waals surface area contributed by atoms with Crippen LogP contribution in [0.3, 0.4) is 0 Å². The van der Waals surface area contributed by atoms with Crippen LogP contribution in [0.15, 0.2) is 42.2 Å². The van der Waals surface area contributed by atoms with Crippen LogP contribution in [0.1, 0.15) is 55.6 Å². The van der Waals surface area contributed by atoms with Crippen molar-refractivity contribution < 1.29 is 19.4 Å². The second-order valence-electron chi connectivity index (χ2n) is 7.48. The maximum absolute atomic E-state index is 12.8. The van der Waals surface area contributed by atoms with Crippen molar-refractivity contribution in [3.05, 3.63) is 53.3 Å². The van der Waals surface area contributed by atoms with E-state index in [4.69, 9.17) is 4.74 Å². The molecule has 1 aromatic rings. The molecule has 1 heterocycles. The highest BCUT2D eigenvalue weighted by Crippen LogP contribution is 2.50. The molecule has 0 spiro atoms. The third-order valence-corrected chi connectivity index (χ3v) is 5.88. The number of rotatable bonds is 3. The van der Waals surface area contributed by atoms with E-state index in [1.54, 1.807) is 0 Å². The van der Waals surface area contributed by atoms with E-state index in [9.17, 15) is 14.7 Å². The Hall–Kier alpha value is -2.36. The van der Waals surface area contributed by atoms with Gasteiger partial charge < -0.3 is 9.84 Å². The Balaban J connectivity index is 1.92. The number of ether oxygens (including phenoxy) is 1. The van der Waals surface area contributed by atoms with E-state index < -0.39 is 5.92 Å². The molecule has 1 fully saturated rings. The van der Waals surface area contributed by atoms with Gasteiger partial charge in [0.1, 0.15) is 17.6 Å². The molecule has 3 aliphatic rings. The number of aliphatic hydroxyl groups is 1. The van der Waals surface area contributed by atoms with Gasteiger partial charge in [-0.2, -0.15) is 0 Å². The molecular formula is C22H24O4. The van der Waals surface area contributed by atoms with E-state index in [1.165, 1.54) is 0 Å². The molecule has 3 unspecified atom stereocenters. The highest BCUT2D eigenvalue weighted by Gasteiger charge is 2.48. The summed E-state index contributed by atoms with van der Waals surface area (Å²) in [5.74, 6) is 0.267. The minimum atomic E-state index is -0.394. The van der Waals surface area contributed by atoms with Gasteiger partial charge in [0.25, 0.3) is 0 Å². The highest BCUT2D eigenvalue weighted by molar-refractivity contribution is 6.00. The van der Waals surface area contributed by atoms with E-state index in [2.05, 4.69) is 6.58 Å². The van der Waals surface area contributed by atoms with Gasteiger partial charge in [-0.3, -0.25) is 9.59 Å². The number of ketones is 2. The van der Waals surface area contributed by atoms with Crippen LogP contribution in [-0.4, -0.2) is 22.8 Å². The first kappa shape index (κ1) is 17.1. The summed E-state index contributed by atoms with van der Waals surface area (Å²) in [5.41, 5.74) is 2.32. The third-order valence-electron chi connectivity index (χ3n) is 5.88. The molecule has 1 aromatic carbocycles. The predicted octanol–water partition coefficient (Wildman–Crippen LogP) is 4.19. The van der Waals surface area contributed by atoms with Crippen molar-refractivity contribution in [1.29, 1.82) is 0 Å². The quantitative estimate of drug-likeness (QED) is 0.828. The second-order valence-corrected chi connectivity index (χ2v) is 7.48. The fraction of sp³-hybridized carbons (Fsp3) is 0.455. The number of hydrogen-bond acceptors (Lipinski definition) is 4. The molecule has 1 saturated carbocycles. The Morgan fingerprint density at radius 3 is 2.81 bits per heavy atom. The van der Waals surface area contributed by atoms with E-state index in [-0.39, 0.29) is 29.3 Å². The largest absolute Gasteiger partial charge is 0.512 e. The molecule has 4 heteroatoms. The van der Waals surface area contributed by atoms with Crippen molar-refractivity contribution in [3.63, 3.8) is 0 Å². The maximum atomic E-state index is 12.8. The minimum Gasteiger partial charge on any atom is -0.512 e. The number of allylic oxidation sites excluding steroid dienone is 3. The first-order valence-corrected chi connectivity index (χ1v) is 9.49. The lowest BCUT2D eigenvalue weighted by molar-refractivity contribution is -0.130. The topological polar surface area (TPSA) is 63.6 Å². The van der Waals surface area contributed by atoms with Crippen molar-refractivity contribution in [2.24, 2.45) is 5.92 Å². The van der Waals surface area contributed by atoms with Crippen LogP contribution in [0, 0.1) is 5.92 Å². The Kier molecular flexibility index (Phi) is 4.43. The molecule has 3 atom stereocenters. The van der Waals surface area contributed by atoms with Gasteiger partial charge >= 0.3 is 0 Å². The van der Waals surface area contributed by atoms with Gasteiger partial charge in [0, 0.05) is 36.3 Å². The average Bonchev–Trinajstić information content (AvgIpc) is 2.62. The van der Waals surface area contributed by atoms with E-state index in [0.29, 0.717) is 37.7 Å². The van der Waals surface area contributed by atoms with Crippen LogP contribution in [0.5, 0.6) is 5.75 Å². The summed E-state index contributed by atoms with van der Waals surface area (Å²) in [7, 11) is 0. The minimum absolute atomic E-state index is 0.0298. The van der Waals surface area contributed by atoms with Crippen LogP contribution in [-0.2, 0) is 16.0 Å². The molecule has 0 bridgehead atoms. The molecular weight excluding hydrogens is 328 g/mol. The van der Waals surface area contributed by atoms with Crippen LogP contribution in [0.2, 0.25) is 0 Å². The summed E-state index contributed by atoms with van der Waals surface area (Å²) in [6, 6.07) is 5.87. The van der Waals surface area contributed by atoms with Crippen LogP contribution >= 0.6 is 0 Å². The molecule has 0 saturated heterocycles. The molecule has 0 amide bonds. The Bertz CT molecular complexity index is 804. The van der Waals surface area contributed by atoms with E-state index in [0.717, 1.165) is 29.7 Å². The number of carbonyl (C=O) groups is 2. The fourth-order valence-corrected chi connectivity index (χ4v) is 4.75. The van der Waals surface area contributed by atoms with E-state index >= 15 is 0 Å². The summed E-state index contributed by atoms with van der Waals surface area (Å²) in [6.45, 7) is 3.82. The number of para-hydroxylation sites is 1. The molecule has 0 aromatic heterocycles. The van der Waals surface area contributed by atoms with Crippen molar-refractivity contribution in [2.45, 2.75) is 57.0 Å². The van der Waals surface area contributed by atoms with Crippen molar-refractivity contribution >= 4 is 11.6 Å². The molecule has 1 aliphatic heterocycles. The monoisotopic (exact) mass is 352 g/mol. The second kappa shape index (κ2) is 6.75. The lowest BCUT2D eigenvalue weighted by atomic mass is 9.67. The number of Topliss-reactive ketones (excluding diaryl/α,β-unsaturated/α-hetero) is 2. The molecule has 136 valence electrons. The van der Waals surface area contributed by atoms with Crippen LogP contribution in [0.4, 0.5) is 0 Å². The molecule has 4 nitrogen and oxygen atoms in total. The zero-order valence-corrected chi connectivity index (χ0v) is 14.9. The third kappa shape index (κ3) is 2.68. The Morgan fingerprint density at radius 1 is 1.19 bits per heavy atom. The van der Waals surface area contributed by atoms with Gasteiger partial charge in [-0.1, -0.05) is 24.3 Å². The summed E-state index contributed by atoms with van der Waals surface area (Å²) >= 11 is 0. The number of fused-ring (bicyclic) bond motifs is 2. The van der Waals surface area contributed by atoms with Crippen molar-refractivity contribution in [3.8, 4) is 5.75 Å². The van der Waals surface area contributed by atoms with Crippen molar-refractivity contribution in [2.75, 3.05) is 0 Å². The number of benzene rings is 1. The normalized spacial score (nSPS) is 28.2. The average molecular weight is 352 g/mol. The molecule has 1 N–H and O–H groups in total. The zero-order valence-electron chi connectivity index (χ0n) is 14.9. The van der Waals surface area contributed by atoms with Crippen molar-refractivity contribution in [1.82, 2.24) is 0 Å². The SMILES string of the molecule is C=CCc1cccc2c1OC1CCCC(=O)C1C2C1=C(O)CCCC1=O. The van der Waals surface area contributed by atoms with Crippen LogP contribution < -0.4 is 4.74 Å². The predicted molar refractivity (Wildman–Crippen MR) is 98.4 cm³/mol. The summed E-state index contributed by atoms with van der Waals surface area (Å²) in [5, 5.41) is 10.6. The standard InChI is InChI=1S/C22H24O4/c1-2-6-13-7-3-8-14-19(20-15(23)9-4-10-16(20)24)21-17(25)11-5-12-18(21)26-22(13)14/h2-3,7-8,18-19,21,23H,1,4-6,9-12H2. The van der Waals surface area contributed by atoms with Gasteiger partial charge in [-0.25, -0.2) is 0 Å². The Morgan fingerprint density at radius 2 is 2.04 bits per heavy atom. The van der Waals surface area contributed by atoms with Gasteiger partial charge in [-0.15, -0.1) is 6.58 Å². The number of hydrogen-bond donors (Lipinski definition) is 1.